The van der Waals surface area contributed by atoms with E-state index in [1.807, 2.05) is 41.3 Å². The van der Waals surface area contributed by atoms with E-state index in [0.29, 0.717) is 37.5 Å². The number of nitrogens with zero attached hydrogens (tertiary/aromatic N) is 2. The highest BCUT2D eigenvalue weighted by Gasteiger charge is 2.29. The minimum atomic E-state index is -0.302. The normalized spacial score (nSPS) is 18.8. The molecule has 1 amide bonds. The summed E-state index contributed by atoms with van der Waals surface area (Å²) in [6, 6.07) is 13.9. The number of fused-ring (bicyclic) bond motifs is 1. The molecule has 3 aromatic rings. The number of hydrogen-bond donors (Lipinski definition) is 2. The predicted octanol–water partition coefficient (Wildman–Crippen LogP) is 5.45. The largest absolute Gasteiger partial charge is 0.393 e. The Morgan fingerprint density at radius 3 is 2.30 bits per heavy atom. The van der Waals surface area contributed by atoms with Crippen LogP contribution in [0.25, 0.3) is 10.9 Å². The second kappa shape index (κ2) is 9.67. The van der Waals surface area contributed by atoms with Gasteiger partial charge in [0.15, 0.2) is 0 Å². The van der Waals surface area contributed by atoms with Gasteiger partial charge in [0.05, 0.1) is 6.10 Å². The fraction of sp³-hybridized carbons (Fsp3) is 0.423. The predicted molar refractivity (Wildman–Crippen MR) is 133 cm³/mol. The molecule has 5 nitrogen and oxygen atoms in total. The van der Waals surface area contributed by atoms with E-state index in [1.54, 1.807) is 0 Å². The summed E-state index contributed by atoms with van der Waals surface area (Å²) < 4.78 is 0. The van der Waals surface area contributed by atoms with E-state index in [0.717, 1.165) is 64.6 Å². The number of likely N-dealkylation sites (tertiary alicyclic amines) is 2. The van der Waals surface area contributed by atoms with E-state index in [9.17, 15) is 9.90 Å². The lowest BCUT2D eigenvalue weighted by Gasteiger charge is -2.33. The van der Waals surface area contributed by atoms with Gasteiger partial charge in [-0.2, -0.15) is 0 Å². The average Bonchev–Trinajstić information content (AvgIpc) is 3.18. The van der Waals surface area contributed by atoms with Gasteiger partial charge in [0.1, 0.15) is 5.69 Å². The molecular weight excluding hydrogens is 457 g/mol. The number of aromatic nitrogens is 1. The number of halogens is 2. The van der Waals surface area contributed by atoms with Crippen LogP contribution in [0.2, 0.25) is 10.0 Å². The van der Waals surface area contributed by atoms with E-state index >= 15 is 0 Å². The number of aliphatic hydroxyl groups is 1. The smallest absolute Gasteiger partial charge is 0.270 e. The molecule has 2 fully saturated rings. The second-order valence-corrected chi connectivity index (χ2v) is 10.0. The van der Waals surface area contributed by atoms with Crippen LogP contribution in [0.4, 0.5) is 0 Å². The van der Waals surface area contributed by atoms with Gasteiger partial charge in [0, 0.05) is 46.1 Å². The fourth-order valence-electron chi connectivity index (χ4n) is 5.28. The first kappa shape index (κ1) is 22.7. The Bertz CT molecular complexity index is 1130. The monoisotopic (exact) mass is 485 g/mol. The lowest BCUT2D eigenvalue weighted by atomic mass is 9.89. The molecule has 0 aliphatic carbocycles. The molecule has 7 heteroatoms. The number of nitrogens with one attached hydrogen (secondary N) is 1. The van der Waals surface area contributed by atoms with Crippen molar-refractivity contribution in [2.45, 2.75) is 44.2 Å². The first-order valence-corrected chi connectivity index (χ1v) is 12.5. The van der Waals surface area contributed by atoms with Crippen molar-refractivity contribution < 1.29 is 9.90 Å². The van der Waals surface area contributed by atoms with Crippen LogP contribution in [0, 0.1) is 0 Å². The van der Waals surface area contributed by atoms with Gasteiger partial charge in [0.2, 0.25) is 0 Å². The van der Waals surface area contributed by atoms with E-state index in [1.165, 1.54) is 0 Å². The molecule has 0 saturated carbocycles. The highest BCUT2D eigenvalue weighted by atomic mass is 35.5. The zero-order valence-corrected chi connectivity index (χ0v) is 20.1. The Hall–Kier alpha value is -2.05. The van der Waals surface area contributed by atoms with E-state index < -0.39 is 0 Å². The summed E-state index contributed by atoms with van der Waals surface area (Å²) in [7, 11) is 0. The standard InChI is InChI=1S/C26H29Cl2N3O2/c27-21-5-3-6-22(28)24(21)17-8-12-30(13-9-17)16-20-19-4-1-2-7-23(19)29-25(20)26(33)31-14-10-18(32)11-15-31/h1-7,17-18,29,32H,8-16H2. The summed E-state index contributed by atoms with van der Waals surface area (Å²) in [5.41, 5.74) is 3.81. The maximum atomic E-state index is 13.4. The molecular formula is C26H29Cl2N3O2. The van der Waals surface area contributed by atoms with Crippen LogP contribution in [0.5, 0.6) is 0 Å². The third-order valence-electron chi connectivity index (χ3n) is 7.16. The van der Waals surface area contributed by atoms with Gasteiger partial charge in [-0.1, -0.05) is 47.5 Å². The highest BCUT2D eigenvalue weighted by molar-refractivity contribution is 6.36. The fourth-order valence-corrected chi connectivity index (χ4v) is 5.98. The number of hydrogen-bond acceptors (Lipinski definition) is 3. The average molecular weight is 486 g/mol. The molecule has 2 N–H and O–H groups in total. The van der Waals surface area contributed by atoms with Gasteiger partial charge >= 0.3 is 0 Å². The Labute approximate surface area is 204 Å². The molecule has 5 rings (SSSR count). The maximum absolute atomic E-state index is 13.4. The van der Waals surface area contributed by atoms with E-state index in [2.05, 4.69) is 16.0 Å². The Morgan fingerprint density at radius 1 is 0.939 bits per heavy atom. The molecule has 174 valence electrons. The topological polar surface area (TPSA) is 59.6 Å². The van der Waals surface area contributed by atoms with Gasteiger partial charge in [-0.25, -0.2) is 0 Å². The van der Waals surface area contributed by atoms with E-state index in [-0.39, 0.29) is 12.0 Å². The summed E-state index contributed by atoms with van der Waals surface area (Å²) in [6.07, 6.45) is 2.95. The molecule has 0 bridgehead atoms. The number of aromatic amines is 1. The number of carbonyl (C=O) groups excluding carboxylic acids is 1. The number of piperidine rings is 2. The number of carbonyl (C=O) groups is 1. The second-order valence-electron chi connectivity index (χ2n) is 9.23. The molecule has 33 heavy (non-hydrogen) atoms. The SMILES string of the molecule is O=C(c1[nH]c2ccccc2c1CN1CCC(c2c(Cl)cccc2Cl)CC1)N1CCC(O)CC1. The molecule has 2 aromatic carbocycles. The lowest BCUT2D eigenvalue weighted by molar-refractivity contribution is 0.0540. The first-order chi connectivity index (χ1) is 16.0. The van der Waals surface area contributed by atoms with Gasteiger partial charge in [-0.05, 0) is 68.5 Å². The third kappa shape index (κ3) is 4.65. The summed E-state index contributed by atoms with van der Waals surface area (Å²) >= 11 is 12.9. The van der Waals surface area contributed by atoms with Crippen LogP contribution < -0.4 is 0 Å². The number of H-pyrrole nitrogens is 1. The molecule has 3 heterocycles. The Balaban J connectivity index is 1.35. The summed E-state index contributed by atoms with van der Waals surface area (Å²) in [5.74, 6) is 0.386. The van der Waals surface area contributed by atoms with Crippen LogP contribution in [0.3, 0.4) is 0 Å². The molecule has 2 aliphatic rings. The van der Waals surface area contributed by atoms with Crippen LogP contribution in [0.1, 0.15) is 53.2 Å². The van der Waals surface area contributed by atoms with Gasteiger partial charge in [-0.3, -0.25) is 9.69 Å². The van der Waals surface area contributed by atoms with Crippen molar-refractivity contribution in [1.29, 1.82) is 0 Å². The zero-order chi connectivity index (χ0) is 22.9. The van der Waals surface area contributed by atoms with Crippen molar-refractivity contribution in [3.05, 3.63) is 69.3 Å². The molecule has 0 unspecified atom stereocenters. The van der Waals surface area contributed by atoms with Crippen LogP contribution in [-0.4, -0.2) is 58.1 Å². The number of para-hydroxylation sites is 1. The third-order valence-corrected chi connectivity index (χ3v) is 7.82. The minimum Gasteiger partial charge on any atom is -0.393 e. The van der Waals surface area contributed by atoms with Crippen LogP contribution >= 0.6 is 23.2 Å². The Kier molecular flexibility index (Phi) is 6.66. The molecule has 0 radical (unpaired) electrons. The summed E-state index contributed by atoms with van der Waals surface area (Å²) in [4.78, 5) is 21.1. The van der Waals surface area contributed by atoms with Crippen molar-refractivity contribution in [3.63, 3.8) is 0 Å². The van der Waals surface area contributed by atoms with Crippen molar-refractivity contribution in [2.75, 3.05) is 26.2 Å². The van der Waals surface area contributed by atoms with Gasteiger partial charge < -0.3 is 15.0 Å². The highest BCUT2D eigenvalue weighted by Crippen LogP contribution is 2.38. The lowest BCUT2D eigenvalue weighted by Crippen LogP contribution is -2.41. The molecule has 2 aliphatic heterocycles. The number of amides is 1. The summed E-state index contributed by atoms with van der Waals surface area (Å²) in [5, 5.41) is 12.4. The van der Waals surface area contributed by atoms with Crippen molar-refractivity contribution in [3.8, 4) is 0 Å². The minimum absolute atomic E-state index is 0.0332. The maximum Gasteiger partial charge on any atom is 0.270 e. The van der Waals surface area contributed by atoms with Gasteiger partial charge in [-0.15, -0.1) is 0 Å². The van der Waals surface area contributed by atoms with E-state index in [4.69, 9.17) is 23.2 Å². The molecule has 2 saturated heterocycles. The van der Waals surface area contributed by atoms with Crippen molar-refractivity contribution in [2.24, 2.45) is 0 Å². The van der Waals surface area contributed by atoms with Crippen molar-refractivity contribution >= 4 is 40.0 Å². The number of rotatable bonds is 4. The first-order valence-electron chi connectivity index (χ1n) is 11.7. The molecule has 1 aromatic heterocycles. The van der Waals surface area contributed by atoms with Crippen molar-refractivity contribution in [1.82, 2.24) is 14.8 Å². The Morgan fingerprint density at radius 2 is 1.61 bits per heavy atom. The zero-order valence-electron chi connectivity index (χ0n) is 18.6. The van der Waals surface area contributed by atoms with Gasteiger partial charge in [0.25, 0.3) is 5.91 Å². The summed E-state index contributed by atoms with van der Waals surface area (Å²) in [6.45, 7) is 3.77. The number of benzene rings is 2. The quantitative estimate of drug-likeness (QED) is 0.516. The van der Waals surface area contributed by atoms with Crippen LogP contribution in [-0.2, 0) is 6.54 Å². The van der Waals surface area contributed by atoms with Crippen LogP contribution in [0.15, 0.2) is 42.5 Å². The molecule has 0 atom stereocenters. The number of aliphatic hydroxyl groups excluding tert-OH is 1. The molecule has 0 spiro atoms.